The SMILES string of the molecule is CCC1C(C(C)(C)C)C1C(C)(C)C(C)C. The van der Waals surface area contributed by atoms with E-state index >= 15 is 0 Å². The van der Waals surface area contributed by atoms with Crippen molar-refractivity contribution in [1.82, 2.24) is 0 Å². The van der Waals surface area contributed by atoms with Gasteiger partial charge in [-0.05, 0) is 34.5 Å². The summed E-state index contributed by atoms with van der Waals surface area (Å²) in [4.78, 5) is 0. The summed E-state index contributed by atoms with van der Waals surface area (Å²) in [5, 5.41) is 0. The van der Waals surface area contributed by atoms with E-state index in [2.05, 4.69) is 55.4 Å². The second kappa shape index (κ2) is 3.79. The van der Waals surface area contributed by atoms with Gasteiger partial charge in [0.1, 0.15) is 0 Å². The molecule has 0 aromatic carbocycles. The van der Waals surface area contributed by atoms with Gasteiger partial charge in [-0.2, -0.15) is 0 Å². The van der Waals surface area contributed by atoms with Crippen molar-refractivity contribution in [2.45, 2.75) is 61.8 Å². The number of hydrogen-bond acceptors (Lipinski definition) is 0. The van der Waals surface area contributed by atoms with E-state index < -0.39 is 0 Å². The van der Waals surface area contributed by atoms with E-state index in [9.17, 15) is 0 Å². The Kier molecular flexibility index (Phi) is 3.30. The summed E-state index contributed by atoms with van der Waals surface area (Å²) in [5.41, 5.74) is 1.01. The molecule has 3 atom stereocenters. The van der Waals surface area contributed by atoms with Crippen LogP contribution in [-0.4, -0.2) is 0 Å². The van der Waals surface area contributed by atoms with Crippen LogP contribution >= 0.6 is 0 Å². The molecule has 0 N–H and O–H groups in total. The monoisotopic (exact) mass is 210 g/mol. The highest BCUT2D eigenvalue weighted by atomic mass is 14.6. The van der Waals surface area contributed by atoms with Crippen LogP contribution < -0.4 is 0 Å². The molecule has 0 radical (unpaired) electrons. The van der Waals surface area contributed by atoms with Crippen LogP contribution in [0.25, 0.3) is 0 Å². The van der Waals surface area contributed by atoms with Crippen LogP contribution in [0.4, 0.5) is 0 Å². The maximum atomic E-state index is 2.47. The standard InChI is InChI=1S/C15H30/c1-9-11-12(14(4,5)6)13(11)15(7,8)10(2)3/h10-13H,9H2,1-8H3. The molecule has 1 aliphatic rings. The van der Waals surface area contributed by atoms with Crippen molar-refractivity contribution < 1.29 is 0 Å². The van der Waals surface area contributed by atoms with Gasteiger partial charge < -0.3 is 0 Å². The molecule has 15 heavy (non-hydrogen) atoms. The summed E-state index contributed by atoms with van der Waals surface area (Å²) in [6.07, 6.45) is 1.36. The molecule has 0 aromatic heterocycles. The van der Waals surface area contributed by atoms with E-state index in [-0.39, 0.29) is 0 Å². The Labute approximate surface area is 96.8 Å². The minimum atomic E-state index is 0.498. The summed E-state index contributed by atoms with van der Waals surface area (Å²) in [6.45, 7) is 19.3. The summed E-state index contributed by atoms with van der Waals surface area (Å²) < 4.78 is 0. The normalized spacial score (nSPS) is 32.2. The lowest BCUT2D eigenvalue weighted by Gasteiger charge is -2.32. The fourth-order valence-electron chi connectivity index (χ4n) is 3.46. The zero-order chi connectivity index (χ0) is 12.0. The highest BCUT2D eigenvalue weighted by molar-refractivity contribution is 5.08. The Morgan fingerprint density at radius 1 is 0.933 bits per heavy atom. The molecule has 1 rings (SSSR count). The summed E-state index contributed by atoms with van der Waals surface area (Å²) in [6, 6.07) is 0. The van der Waals surface area contributed by atoms with E-state index in [4.69, 9.17) is 0 Å². The van der Waals surface area contributed by atoms with E-state index in [0.29, 0.717) is 10.8 Å². The van der Waals surface area contributed by atoms with Gasteiger partial charge >= 0.3 is 0 Å². The minimum absolute atomic E-state index is 0.498. The van der Waals surface area contributed by atoms with Gasteiger partial charge in [-0.15, -0.1) is 0 Å². The molecule has 90 valence electrons. The van der Waals surface area contributed by atoms with Gasteiger partial charge in [-0.1, -0.05) is 61.8 Å². The third-order valence-electron chi connectivity index (χ3n) is 4.99. The second-order valence-corrected chi connectivity index (χ2v) is 7.47. The Morgan fingerprint density at radius 3 is 1.60 bits per heavy atom. The molecule has 1 fully saturated rings. The van der Waals surface area contributed by atoms with Crippen LogP contribution in [0.3, 0.4) is 0 Å². The van der Waals surface area contributed by atoms with E-state index in [1.165, 1.54) is 6.42 Å². The molecule has 0 saturated heterocycles. The first kappa shape index (κ1) is 13.1. The van der Waals surface area contributed by atoms with Crippen LogP contribution in [0.2, 0.25) is 0 Å². The second-order valence-electron chi connectivity index (χ2n) is 7.47. The fourth-order valence-corrected chi connectivity index (χ4v) is 3.46. The van der Waals surface area contributed by atoms with E-state index in [1.54, 1.807) is 0 Å². The van der Waals surface area contributed by atoms with Gasteiger partial charge in [0.05, 0.1) is 0 Å². The Balaban J connectivity index is 2.82. The van der Waals surface area contributed by atoms with Crippen molar-refractivity contribution in [1.29, 1.82) is 0 Å². The zero-order valence-corrected chi connectivity index (χ0v) is 12.0. The molecule has 0 heteroatoms. The average Bonchev–Trinajstić information content (AvgIpc) is 2.76. The van der Waals surface area contributed by atoms with Crippen molar-refractivity contribution in [3.63, 3.8) is 0 Å². The smallest absolute Gasteiger partial charge is 0.0293 e. The van der Waals surface area contributed by atoms with Gasteiger partial charge in [0, 0.05) is 0 Å². The van der Waals surface area contributed by atoms with Crippen molar-refractivity contribution in [3.05, 3.63) is 0 Å². The molecule has 0 spiro atoms. The predicted octanol–water partition coefficient (Wildman–Crippen LogP) is 4.99. The van der Waals surface area contributed by atoms with Crippen molar-refractivity contribution in [3.8, 4) is 0 Å². The van der Waals surface area contributed by atoms with Crippen LogP contribution in [-0.2, 0) is 0 Å². The Morgan fingerprint density at radius 2 is 1.40 bits per heavy atom. The molecule has 0 heterocycles. The summed E-state index contributed by atoms with van der Waals surface area (Å²) in [5.74, 6) is 3.66. The molecule has 0 aliphatic heterocycles. The number of rotatable bonds is 3. The van der Waals surface area contributed by atoms with Crippen LogP contribution in [0.15, 0.2) is 0 Å². The lowest BCUT2D eigenvalue weighted by Crippen LogP contribution is -2.25. The van der Waals surface area contributed by atoms with E-state index in [1.807, 2.05) is 0 Å². The molecule has 1 saturated carbocycles. The lowest BCUT2D eigenvalue weighted by atomic mass is 9.73. The largest absolute Gasteiger partial charge is 0.0651 e. The maximum Gasteiger partial charge on any atom is -0.0293 e. The van der Waals surface area contributed by atoms with Crippen molar-refractivity contribution in [2.75, 3.05) is 0 Å². The lowest BCUT2D eigenvalue weighted by molar-refractivity contribution is 0.167. The van der Waals surface area contributed by atoms with Gasteiger partial charge in [-0.25, -0.2) is 0 Å². The molecule has 1 aliphatic carbocycles. The molecule has 0 bridgehead atoms. The van der Waals surface area contributed by atoms with Crippen molar-refractivity contribution in [2.24, 2.45) is 34.5 Å². The minimum Gasteiger partial charge on any atom is -0.0651 e. The quantitative estimate of drug-likeness (QED) is 0.616. The molecule has 0 amide bonds. The van der Waals surface area contributed by atoms with Crippen LogP contribution in [0, 0.1) is 34.5 Å². The van der Waals surface area contributed by atoms with Crippen LogP contribution in [0.1, 0.15) is 61.8 Å². The zero-order valence-electron chi connectivity index (χ0n) is 12.0. The maximum absolute atomic E-state index is 2.47. The molecule has 0 nitrogen and oxygen atoms in total. The van der Waals surface area contributed by atoms with Gasteiger partial charge in [0.25, 0.3) is 0 Å². The van der Waals surface area contributed by atoms with Gasteiger partial charge in [0.2, 0.25) is 0 Å². The van der Waals surface area contributed by atoms with Gasteiger partial charge in [-0.3, -0.25) is 0 Å². The number of hydrogen-bond donors (Lipinski definition) is 0. The van der Waals surface area contributed by atoms with Gasteiger partial charge in [0.15, 0.2) is 0 Å². The van der Waals surface area contributed by atoms with E-state index in [0.717, 1.165) is 23.7 Å². The first-order chi connectivity index (χ1) is 6.64. The Hall–Kier alpha value is 0. The predicted molar refractivity (Wildman–Crippen MR) is 68.8 cm³/mol. The Bertz CT molecular complexity index is 217. The highest BCUT2D eigenvalue weighted by Gasteiger charge is 2.60. The molecule has 3 unspecified atom stereocenters. The average molecular weight is 210 g/mol. The van der Waals surface area contributed by atoms with Crippen LogP contribution in [0.5, 0.6) is 0 Å². The first-order valence-corrected chi connectivity index (χ1v) is 6.64. The first-order valence-electron chi connectivity index (χ1n) is 6.64. The molecular formula is C15H30. The third-order valence-corrected chi connectivity index (χ3v) is 4.99. The van der Waals surface area contributed by atoms with Crippen molar-refractivity contribution >= 4 is 0 Å². The summed E-state index contributed by atoms with van der Waals surface area (Å²) >= 11 is 0. The highest BCUT2D eigenvalue weighted by Crippen LogP contribution is 2.66. The third kappa shape index (κ3) is 2.24. The molecule has 0 aromatic rings. The molecular weight excluding hydrogens is 180 g/mol. The summed E-state index contributed by atoms with van der Waals surface area (Å²) in [7, 11) is 0. The fraction of sp³-hybridized carbons (Fsp3) is 1.00. The topological polar surface area (TPSA) is 0 Å².